The van der Waals surface area contributed by atoms with Gasteiger partial charge in [0.05, 0.1) is 18.5 Å². The highest BCUT2D eigenvalue weighted by Crippen LogP contribution is 2.25. The lowest BCUT2D eigenvalue weighted by Gasteiger charge is -2.13. The molecule has 5 heteroatoms. The molecule has 0 spiro atoms. The number of H-pyrrole nitrogens is 1. The molecule has 0 radical (unpaired) electrons. The summed E-state index contributed by atoms with van der Waals surface area (Å²) in [4.78, 5) is 20.9. The molecule has 0 aliphatic rings. The van der Waals surface area contributed by atoms with E-state index in [0.717, 1.165) is 29.7 Å². The van der Waals surface area contributed by atoms with Crippen molar-refractivity contribution in [3.05, 3.63) is 60.8 Å². The maximum absolute atomic E-state index is 12.0. The van der Waals surface area contributed by atoms with E-state index in [4.69, 9.17) is 4.74 Å². The average Bonchev–Trinajstić information content (AvgIpc) is 3.18. The van der Waals surface area contributed by atoms with Gasteiger partial charge in [-0.05, 0) is 23.1 Å². The first-order valence-electron chi connectivity index (χ1n) is 8.80. The van der Waals surface area contributed by atoms with Crippen LogP contribution in [0.4, 0.5) is 10.7 Å². The van der Waals surface area contributed by atoms with Crippen LogP contribution in [0.5, 0.6) is 0 Å². The van der Waals surface area contributed by atoms with Crippen LogP contribution in [-0.2, 0) is 4.74 Å². The number of rotatable bonds is 6. The van der Waals surface area contributed by atoms with E-state index in [-0.39, 0.29) is 0 Å². The van der Waals surface area contributed by atoms with Gasteiger partial charge in [-0.15, -0.1) is 0 Å². The normalized spacial score (nSPS) is 10.5. The molecular weight excluding hydrogens is 326 g/mol. The van der Waals surface area contributed by atoms with E-state index >= 15 is 0 Å². The maximum Gasteiger partial charge on any atom is 0.416 e. The summed E-state index contributed by atoms with van der Waals surface area (Å²) in [7, 11) is 1.65. The number of aromatic amines is 1. The molecule has 1 aromatic heterocycles. The topological polar surface area (TPSA) is 58.2 Å². The summed E-state index contributed by atoms with van der Waals surface area (Å²) in [5, 5.41) is 0. The van der Waals surface area contributed by atoms with Crippen molar-refractivity contribution < 1.29 is 9.53 Å². The molecule has 0 bridgehead atoms. The van der Waals surface area contributed by atoms with Crippen molar-refractivity contribution in [3.8, 4) is 22.4 Å². The number of imidazole rings is 1. The summed E-state index contributed by atoms with van der Waals surface area (Å²) >= 11 is 0. The van der Waals surface area contributed by atoms with Gasteiger partial charge in [-0.25, -0.2) is 9.78 Å². The van der Waals surface area contributed by atoms with Crippen molar-refractivity contribution in [2.45, 2.75) is 19.8 Å². The van der Waals surface area contributed by atoms with Crippen molar-refractivity contribution in [1.82, 2.24) is 9.97 Å². The van der Waals surface area contributed by atoms with Gasteiger partial charge < -0.3 is 9.72 Å². The van der Waals surface area contributed by atoms with Crippen LogP contribution in [0.15, 0.2) is 60.8 Å². The number of ether oxygens (including phenoxy) is 1. The molecular formula is C21H23N3O2. The van der Waals surface area contributed by atoms with E-state index in [1.165, 1.54) is 10.5 Å². The summed E-state index contributed by atoms with van der Waals surface area (Å²) in [6.07, 6.45) is 3.17. The Kier molecular flexibility index (Phi) is 5.69. The number of hydrogen-bond donors (Lipinski definition) is 1. The lowest BCUT2D eigenvalue weighted by molar-refractivity contribution is 0.153. The Morgan fingerprint density at radius 1 is 1.04 bits per heavy atom. The summed E-state index contributed by atoms with van der Waals surface area (Å²) in [6, 6.07) is 18.5. The molecule has 0 saturated carbocycles. The number of hydrogen-bond acceptors (Lipinski definition) is 3. The smallest absolute Gasteiger partial charge is 0.416 e. The predicted octanol–water partition coefficient (Wildman–Crippen LogP) is 5.12. The summed E-state index contributed by atoms with van der Waals surface area (Å²) in [5.41, 5.74) is 4.20. The Bertz CT molecular complexity index is 841. The third-order valence-electron chi connectivity index (χ3n) is 4.18. The average molecular weight is 349 g/mol. The molecule has 3 rings (SSSR count). The molecule has 134 valence electrons. The first-order chi connectivity index (χ1) is 12.7. The number of anilines is 1. The molecule has 0 atom stereocenters. The molecule has 1 N–H and O–H groups in total. The van der Waals surface area contributed by atoms with Gasteiger partial charge in [0.2, 0.25) is 5.95 Å². The number of carbonyl (C=O) groups excluding carboxylic acids is 1. The number of aromatic nitrogens is 2. The van der Waals surface area contributed by atoms with Gasteiger partial charge in [-0.1, -0.05) is 67.9 Å². The number of benzene rings is 2. The van der Waals surface area contributed by atoms with Crippen LogP contribution in [0.1, 0.15) is 19.8 Å². The fraction of sp³-hybridized carbons (Fsp3) is 0.238. The molecule has 5 nitrogen and oxygen atoms in total. The zero-order valence-electron chi connectivity index (χ0n) is 15.1. The second kappa shape index (κ2) is 8.34. The van der Waals surface area contributed by atoms with Crippen molar-refractivity contribution in [2.24, 2.45) is 0 Å². The van der Waals surface area contributed by atoms with Gasteiger partial charge in [0.1, 0.15) is 0 Å². The Morgan fingerprint density at radius 2 is 1.69 bits per heavy atom. The maximum atomic E-state index is 12.0. The van der Waals surface area contributed by atoms with Gasteiger partial charge in [0.25, 0.3) is 0 Å². The van der Waals surface area contributed by atoms with Crippen LogP contribution < -0.4 is 4.90 Å². The molecule has 1 heterocycles. The number of nitrogens with one attached hydrogen (secondary N) is 1. The quantitative estimate of drug-likeness (QED) is 0.629. The van der Waals surface area contributed by atoms with Crippen LogP contribution in [0.25, 0.3) is 22.4 Å². The monoisotopic (exact) mass is 349 g/mol. The standard InChI is InChI=1S/C21H23N3O2/c1-3-4-14-26-21(25)24(2)20-22-15-19(23-20)18-12-10-17(11-13-18)16-8-6-5-7-9-16/h5-13,15H,3-4,14H2,1-2H3,(H,22,23). The van der Waals surface area contributed by atoms with Gasteiger partial charge >= 0.3 is 6.09 Å². The first-order valence-corrected chi connectivity index (χ1v) is 8.80. The molecule has 0 saturated heterocycles. The minimum absolute atomic E-state index is 0.404. The van der Waals surface area contributed by atoms with E-state index in [1.54, 1.807) is 13.2 Å². The van der Waals surface area contributed by atoms with Crippen LogP contribution in [-0.4, -0.2) is 29.7 Å². The molecule has 26 heavy (non-hydrogen) atoms. The van der Waals surface area contributed by atoms with Crippen LogP contribution in [0.3, 0.4) is 0 Å². The van der Waals surface area contributed by atoms with Crippen LogP contribution >= 0.6 is 0 Å². The Morgan fingerprint density at radius 3 is 2.38 bits per heavy atom. The van der Waals surface area contributed by atoms with Gasteiger partial charge in [0.15, 0.2) is 0 Å². The lowest BCUT2D eigenvalue weighted by atomic mass is 10.0. The van der Waals surface area contributed by atoms with Crippen LogP contribution in [0.2, 0.25) is 0 Å². The number of amides is 1. The predicted molar refractivity (Wildman–Crippen MR) is 104 cm³/mol. The number of unbranched alkanes of at least 4 members (excludes halogenated alkanes) is 1. The highest BCUT2D eigenvalue weighted by Gasteiger charge is 2.15. The van der Waals surface area contributed by atoms with E-state index in [0.29, 0.717) is 12.6 Å². The Labute approximate surface area is 153 Å². The SMILES string of the molecule is CCCCOC(=O)N(C)c1ncc(-c2ccc(-c3ccccc3)cc2)[nH]1. The van der Waals surface area contributed by atoms with E-state index < -0.39 is 6.09 Å². The van der Waals surface area contributed by atoms with Crippen LogP contribution in [0, 0.1) is 0 Å². The summed E-state index contributed by atoms with van der Waals surface area (Å²) in [6.45, 7) is 2.48. The third-order valence-corrected chi connectivity index (χ3v) is 4.18. The second-order valence-corrected chi connectivity index (χ2v) is 6.09. The molecule has 2 aromatic carbocycles. The van der Waals surface area contributed by atoms with Gasteiger partial charge in [-0.3, -0.25) is 4.90 Å². The lowest BCUT2D eigenvalue weighted by Crippen LogP contribution is -2.28. The van der Waals surface area contributed by atoms with Crippen molar-refractivity contribution in [2.75, 3.05) is 18.6 Å². The highest BCUT2D eigenvalue weighted by atomic mass is 16.6. The largest absolute Gasteiger partial charge is 0.449 e. The van der Waals surface area contributed by atoms with E-state index in [2.05, 4.69) is 41.2 Å². The van der Waals surface area contributed by atoms with Gasteiger partial charge in [0, 0.05) is 7.05 Å². The van der Waals surface area contributed by atoms with Gasteiger partial charge in [-0.2, -0.15) is 0 Å². The van der Waals surface area contributed by atoms with Crippen molar-refractivity contribution >= 4 is 12.0 Å². The van der Waals surface area contributed by atoms with Crippen molar-refractivity contribution in [1.29, 1.82) is 0 Å². The molecule has 0 fully saturated rings. The first kappa shape index (κ1) is 17.7. The number of carbonyl (C=O) groups is 1. The number of nitrogens with zero attached hydrogens (tertiary/aromatic N) is 2. The molecule has 0 unspecified atom stereocenters. The Balaban J connectivity index is 1.70. The zero-order valence-corrected chi connectivity index (χ0v) is 15.1. The summed E-state index contributed by atoms with van der Waals surface area (Å²) < 4.78 is 5.21. The van der Waals surface area contributed by atoms with E-state index in [9.17, 15) is 4.79 Å². The molecule has 0 aliphatic carbocycles. The minimum Gasteiger partial charge on any atom is -0.449 e. The highest BCUT2D eigenvalue weighted by molar-refractivity contribution is 5.85. The second-order valence-electron chi connectivity index (χ2n) is 6.09. The fourth-order valence-corrected chi connectivity index (χ4v) is 2.59. The fourth-order valence-electron chi connectivity index (χ4n) is 2.59. The molecule has 0 aliphatic heterocycles. The summed E-state index contributed by atoms with van der Waals surface area (Å²) in [5.74, 6) is 0.466. The van der Waals surface area contributed by atoms with Crippen molar-refractivity contribution in [3.63, 3.8) is 0 Å². The molecule has 3 aromatic rings. The molecule has 1 amide bonds. The minimum atomic E-state index is -0.404. The third kappa shape index (κ3) is 4.11. The Hall–Kier alpha value is -3.08. The zero-order chi connectivity index (χ0) is 18.4. The van der Waals surface area contributed by atoms with E-state index in [1.807, 2.05) is 30.3 Å².